The smallest absolute Gasteiger partial charge is 0.227 e. The number of anilines is 2. The molecule has 1 heterocycles. The number of benzene rings is 1. The summed E-state index contributed by atoms with van der Waals surface area (Å²) in [6, 6.07) is 12.3. The lowest BCUT2D eigenvalue weighted by molar-refractivity contribution is 0.661. The molecule has 0 spiro atoms. The SMILES string of the molecule is CC(C)N(Cc1ccccc1)c1nccc(N)n1. The van der Waals surface area contributed by atoms with E-state index in [0.29, 0.717) is 17.8 Å². The Bertz CT molecular complexity index is 496. The minimum absolute atomic E-state index is 0.312. The summed E-state index contributed by atoms with van der Waals surface area (Å²) < 4.78 is 0. The van der Waals surface area contributed by atoms with Crippen molar-refractivity contribution in [3.8, 4) is 0 Å². The third-order valence-electron chi connectivity index (χ3n) is 2.74. The average Bonchev–Trinajstić information content (AvgIpc) is 2.37. The fraction of sp³-hybridized carbons (Fsp3) is 0.286. The van der Waals surface area contributed by atoms with E-state index in [1.54, 1.807) is 12.3 Å². The van der Waals surface area contributed by atoms with Crippen LogP contribution < -0.4 is 10.6 Å². The van der Waals surface area contributed by atoms with E-state index in [2.05, 4.69) is 40.8 Å². The predicted molar refractivity (Wildman–Crippen MR) is 74.2 cm³/mol. The minimum atomic E-state index is 0.312. The van der Waals surface area contributed by atoms with E-state index in [1.807, 2.05) is 18.2 Å². The monoisotopic (exact) mass is 242 g/mol. The standard InChI is InChI=1S/C14H18N4/c1-11(2)18(10-12-6-4-3-5-7-12)14-16-9-8-13(15)17-14/h3-9,11H,10H2,1-2H3,(H2,15,16,17). The molecule has 2 aromatic rings. The Morgan fingerprint density at radius 3 is 2.50 bits per heavy atom. The normalized spacial score (nSPS) is 10.6. The van der Waals surface area contributed by atoms with Gasteiger partial charge in [-0.1, -0.05) is 30.3 Å². The molecule has 4 nitrogen and oxygen atoms in total. The molecule has 94 valence electrons. The molecule has 0 aliphatic heterocycles. The zero-order chi connectivity index (χ0) is 13.0. The van der Waals surface area contributed by atoms with Gasteiger partial charge in [-0.25, -0.2) is 4.98 Å². The van der Waals surface area contributed by atoms with E-state index >= 15 is 0 Å². The van der Waals surface area contributed by atoms with Gasteiger partial charge < -0.3 is 10.6 Å². The lowest BCUT2D eigenvalue weighted by Gasteiger charge is -2.26. The Morgan fingerprint density at radius 1 is 1.17 bits per heavy atom. The molecule has 0 aliphatic rings. The summed E-state index contributed by atoms with van der Waals surface area (Å²) in [7, 11) is 0. The van der Waals surface area contributed by atoms with Crippen LogP contribution in [0.5, 0.6) is 0 Å². The van der Waals surface area contributed by atoms with Crippen molar-refractivity contribution >= 4 is 11.8 Å². The van der Waals surface area contributed by atoms with Crippen LogP contribution in [0.15, 0.2) is 42.6 Å². The van der Waals surface area contributed by atoms with Crippen LogP contribution in [-0.2, 0) is 6.54 Å². The number of nitrogen functional groups attached to an aromatic ring is 1. The molecule has 0 amide bonds. The molecular formula is C14H18N4. The van der Waals surface area contributed by atoms with Gasteiger partial charge in [0.15, 0.2) is 0 Å². The van der Waals surface area contributed by atoms with Gasteiger partial charge in [-0.2, -0.15) is 4.98 Å². The van der Waals surface area contributed by atoms with Crippen molar-refractivity contribution in [3.63, 3.8) is 0 Å². The zero-order valence-electron chi connectivity index (χ0n) is 10.7. The van der Waals surface area contributed by atoms with Crippen molar-refractivity contribution in [2.75, 3.05) is 10.6 Å². The molecule has 2 N–H and O–H groups in total. The summed E-state index contributed by atoms with van der Waals surface area (Å²) in [4.78, 5) is 10.7. The van der Waals surface area contributed by atoms with Gasteiger partial charge in [-0.05, 0) is 25.5 Å². The van der Waals surface area contributed by atoms with E-state index in [1.165, 1.54) is 5.56 Å². The second-order valence-electron chi connectivity index (χ2n) is 4.49. The van der Waals surface area contributed by atoms with Crippen LogP contribution in [0.4, 0.5) is 11.8 Å². The molecule has 1 aromatic carbocycles. The van der Waals surface area contributed by atoms with Gasteiger partial charge in [-0.3, -0.25) is 0 Å². The number of hydrogen-bond donors (Lipinski definition) is 1. The largest absolute Gasteiger partial charge is 0.384 e. The Balaban J connectivity index is 2.24. The van der Waals surface area contributed by atoms with Crippen LogP contribution >= 0.6 is 0 Å². The lowest BCUT2D eigenvalue weighted by atomic mass is 10.2. The van der Waals surface area contributed by atoms with Crippen LogP contribution in [0.25, 0.3) is 0 Å². The van der Waals surface area contributed by atoms with Crippen molar-refractivity contribution in [2.24, 2.45) is 0 Å². The summed E-state index contributed by atoms with van der Waals surface area (Å²) in [5, 5.41) is 0. The highest BCUT2D eigenvalue weighted by molar-refractivity contribution is 5.39. The molecule has 0 radical (unpaired) electrons. The van der Waals surface area contributed by atoms with Crippen LogP contribution in [-0.4, -0.2) is 16.0 Å². The van der Waals surface area contributed by atoms with Gasteiger partial charge in [0.1, 0.15) is 5.82 Å². The second kappa shape index (κ2) is 5.49. The highest BCUT2D eigenvalue weighted by atomic mass is 15.3. The maximum Gasteiger partial charge on any atom is 0.227 e. The number of nitrogens with two attached hydrogens (primary N) is 1. The Kier molecular flexibility index (Phi) is 3.77. The van der Waals surface area contributed by atoms with Crippen LogP contribution in [0.2, 0.25) is 0 Å². The first-order valence-corrected chi connectivity index (χ1v) is 6.06. The molecule has 0 unspecified atom stereocenters. The molecule has 0 fully saturated rings. The third kappa shape index (κ3) is 2.97. The highest BCUT2D eigenvalue weighted by Gasteiger charge is 2.13. The van der Waals surface area contributed by atoms with E-state index < -0.39 is 0 Å². The second-order valence-corrected chi connectivity index (χ2v) is 4.49. The molecule has 0 saturated heterocycles. The predicted octanol–water partition coefficient (Wildman–Crippen LogP) is 2.47. The van der Waals surface area contributed by atoms with Gasteiger partial charge in [0.05, 0.1) is 0 Å². The highest BCUT2D eigenvalue weighted by Crippen LogP contribution is 2.16. The molecule has 4 heteroatoms. The molecule has 0 atom stereocenters. The van der Waals surface area contributed by atoms with Crippen LogP contribution in [0, 0.1) is 0 Å². The Labute approximate surface area is 107 Å². The molecule has 0 bridgehead atoms. The quantitative estimate of drug-likeness (QED) is 0.894. The summed E-state index contributed by atoms with van der Waals surface area (Å²) in [5.74, 6) is 1.17. The first kappa shape index (κ1) is 12.4. The van der Waals surface area contributed by atoms with Crippen molar-refractivity contribution in [3.05, 3.63) is 48.2 Å². The van der Waals surface area contributed by atoms with Crippen molar-refractivity contribution in [1.29, 1.82) is 0 Å². The van der Waals surface area contributed by atoms with Crippen LogP contribution in [0.1, 0.15) is 19.4 Å². The molecule has 18 heavy (non-hydrogen) atoms. The average molecular weight is 242 g/mol. The zero-order valence-corrected chi connectivity index (χ0v) is 10.7. The van der Waals surface area contributed by atoms with Crippen molar-refractivity contribution in [2.45, 2.75) is 26.4 Å². The summed E-state index contributed by atoms with van der Waals surface area (Å²) in [6.45, 7) is 5.02. The van der Waals surface area contributed by atoms with Crippen LogP contribution in [0.3, 0.4) is 0 Å². The lowest BCUT2D eigenvalue weighted by Crippen LogP contribution is -2.31. The van der Waals surface area contributed by atoms with Crippen molar-refractivity contribution in [1.82, 2.24) is 9.97 Å². The van der Waals surface area contributed by atoms with Gasteiger partial charge in [-0.15, -0.1) is 0 Å². The minimum Gasteiger partial charge on any atom is -0.384 e. The van der Waals surface area contributed by atoms with E-state index in [-0.39, 0.29) is 0 Å². The van der Waals surface area contributed by atoms with Gasteiger partial charge in [0, 0.05) is 18.8 Å². The summed E-state index contributed by atoms with van der Waals surface area (Å²) >= 11 is 0. The number of aromatic nitrogens is 2. The Hall–Kier alpha value is -2.10. The molecular weight excluding hydrogens is 224 g/mol. The number of hydrogen-bond acceptors (Lipinski definition) is 4. The van der Waals surface area contributed by atoms with E-state index in [4.69, 9.17) is 5.73 Å². The van der Waals surface area contributed by atoms with Crippen molar-refractivity contribution < 1.29 is 0 Å². The first-order valence-electron chi connectivity index (χ1n) is 6.06. The summed E-state index contributed by atoms with van der Waals surface area (Å²) in [5.41, 5.74) is 6.95. The van der Waals surface area contributed by atoms with Gasteiger partial charge in [0.25, 0.3) is 0 Å². The van der Waals surface area contributed by atoms with E-state index in [9.17, 15) is 0 Å². The molecule has 1 aromatic heterocycles. The van der Waals surface area contributed by atoms with Gasteiger partial charge >= 0.3 is 0 Å². The van der Waals surface area contributed by atoms with Gasteiger partial charge in [0.2, 0.25) is 5.95 Å². The molecule has 0 aliphatic carbocycles. The topological polar surface area (TPSA) is 55.0 Å². The molecule has 0 saturated carbocycles. The fourth-order valence-electron chi connectivity index (χ4n) is 1.76. The maximum absolute atomic E-state index is 5.71. The maximum atomic E-state index is 5.71. The number of nitrogens with zero attached hydrogens (tertiary/aromatic N) is 3. The Morgan fingerprint density at radius 2 is 1.89 bits per heavy atom. The van der Waals surface area contributed by atoms with E-state index in [0.717, 1.165) is 6.54 Å². The third-order valence-corrected chi connectivity index (χ3v) is 2.74. The number of rotatable bonds is 4. The molecule has 2 rings (SSSR count). The summed E-state index contributed by atoms with van der Waals surface area (Å²) in [6.07, 6.45) is 1.69. The fourth-order valence-corrected chi connectivity index (χ4v) is 1.76. The first-order chi connectivity index (χ1) is 8.66.